The number of hydrogen-bond donors (Lipinski definition) is 1. The lowest BCUT2D eigenvalue weighted by Crippen LogP contribution is -2.25. The first-order chi connectivity index (χ1) is 11.6. The molecule has 0 fully saturated rings. The first kappa shape index (κ1) is 18.2. The molecule has 0 spiro atoms. The van der Waals surface area contributed by atoms with Crippen molar-refractivity contribution in [1.82, 2.24) is 0 Å². The van der Waals surface area contributed by atoms with E-state index in [-0.39, 0.29) is 6.10 Å². The summed E-state index contributed by atoms with van der Waals surface area (Å²) in [4.78, 5) is 0. The second-order valence-electron chi connectivity index (χ2n) is 6.53. The number of rotatable bonds is 9. The average molecular weight is 327 g/mol. The monoisotopic (exact) mass is 327 g/mol. The van der Waals surface area contributed by atoms with Crippen LogP contribution in [0.2, 0.25) is 0 Å². The second-order valence-corrected chi connectivity index (χ2v) is 6.53. The van der Waals surface area contributed by atoms with E-state index in [1.807, 2.05) is 36.4 Å². The molecule has 130 valence electrons. The Kier molecular flexibility index (Phi) is 6.98. The number of aryl methyl sites for hydroxylation is 1. The van der Waals surface area contributed by atoms with Gasteiger partial charge in [0.15, 0.2) is 0 Å². The van der Waals surface area contributed by atoms with Gasteiger partial charge < -0.3 is 14.8 Å². The molecule has 0 aliphatic rings. The number of para-hydroxylation sites is 1. The van der Waals surface area contributed by atoms with Gasteiger partial charge >= 0.3 is 0 Å². The Morgan fingerprint density at radius 3 is 2.54 bits per heavy atom. The molecular weight excluding hydrogens is 298 g/mol. The maximum atomic E-state index is 6.13. The van der Waals surface area contributed by atoms with E-state index in [0.717, 1.165) is 36.8 Å². The van der Waals surface area contributed by atoms with Crippen molar-refractivity contribution in [3.63, 3.8) is 0 Å². The molecule has 0 heterocycles. The fraction of sp³-hybridized carbons (Fsp3) is 0.429. The zero-order chi connectivity index (χ0) is 17.4. The van der Waals surface area contributed by atoms with Crippen LogP contribution in [0.25, 0.3) is 0 Å². The lowest BCUT2D eigenvalue weighted by atomic mass is 10.2. The highest BCUT2D eigenvalue weighted by molar-refractivity contribution is 5.48. The minimum Gasteiger partial charge on any atom is -0.493 e. The molecular formula is C21H29NO2. The summed E-state index contributed by atoms with van der Waals surface area (Å²) in [6, 6.07) is 16.3. The molecule has 2 aromatic carbocycles. The molecule has 0 amide bonds. The fourth-order valence-corrected chi connectivity index (χ4v) is 2.33. The van der Waals surface area contributed by atoms with Crippen LogP contribution in [0.3, 0.4) is 0 Å². The van der Waals surface area contributed by atoms with Crippen molar-refractivity contribution < 1.29 is 9.47 Å². The summed E-state index contributed by atoms with van der Waals surface area (Å²) in [5.41, 5.74) is 2.23. The van der Waals surface area contributed by atoms with Crippen LogP contribution in [0, 0.1) is 12.8 Å². The van der Waals surface area contributed by atoms with Gasteiger partial charge in [0, 0.05) is 11.8 Å². The van der Waals surface area contributed by atoms with Gasteiger partial charge in [0.1, 0.15) is 17.6 Å². The Hall–Kier alpha value is -2.16. The van der Waals surface area contributed by atoms with Gasteiger partial charge in [-0.25, -0.2) is 0 Å². The van der Waals surface area contributed by atoms with E-state index in [9.17, 15) is 0 Å². The van der Waals surface area contributed by atoms with Crippen molar-refractivity contribution in [2.24, 2.45) is 5.92 Å². The summed E-state index contributed by atoms with van der Waals surface area (Å²) >= 11 is 0. The third-order valence-corrected chi connectivity index (χ3v) is 3.79. The maximum Gasteiger partial charge on any atom is 0.122 e. The number of hydrogen-bond acceptors (Lipinski definition) is 3. The van der Waals surface area contributed by atoms with E-state index in [1.54, 1.807) is 0 Å². The van der Waals surface area contributed by atoms with Crippen LogP contribution in [-0.4, -0.2) is 19.3 Å². The van der Waals surface area contributed by atoms with Crippen LogP contribution >= 0.6 is 0 Å². The van der Waals surface area contributed by atoms with Crippen LogP contribution < -0.4 is 14.8 Å². The quantitative estimate of drug-likeness (QED) is 0.678. The molecule has 0 saturated carbocycles. The standard InChI is InChI=1S/C21H29NO2/c1-5-19(24-21-12-7-6-9-17(21)4)14-22-18-10-8-11-20(13-18)23-15-16(2)3/h6-13,16,19,22H,5,14-15H2,1-4H3. The van der Waals surface area contributed by atoms with Gasteiger partial charge in [0.2, 0.25) is 0 Å². The smallest absolute Gasteiger partial charge is 0.122 e. The first-order valence-corrected chi connectivity index (χ1v) is 8.77. The van der Waals surface area contributed by atoms with E-state index in [2.05, 4.69) is 45.1 Å². The van der Waals surface area contributed by atoms with Gasteiger partial charge in [-0.15, -0.1) is 0 Å². The van der Waals surface area contributed by atoms with Gasteiger partial charge in [-0.3, -0.25) is 0 Å². The zero-order valence-electron chi connectivity index (χ0n) is 15.2. The van der Waals surface area contributed by atoms with Crippen LogP contribution in [0.5, 0.6) is 11.5 Å². The summed E-state index contributed by atoms with van der Waals surface area (Å²) < 4.78 is 11.9. The molecule has 0 aliphatic heterocycles. The molecule has 2 aromatic rings. The Morgan fingerprint density at radius 1 is 1.04 bits per heavy atom. The minimum atomic E-state index is 0.131. The molecule has 3 heteroatoms. The lowest BCUT2D eigenvalue weighted by molar-refractivity contribution is 0.208. The third-order valence-electron chi connectivity index (χ3n) is 3.79. The van der Waals surface area contributed by atoms with Gasteiger partial charge in [-0.1, -0.05) is 45.0 Å². The first-order valence-electron chi connectivity index (χ1n) is 8.77. The number of benzene rings is 2. The highest BCUT2D eigenvalue weighted by Gasteiger charge is 2.10. The molecule has 0 saturated heterocycles. The number of nitrogens with one attached hydrogen (secondary N) is 1. The summed E-state index contributed by atoms with van der Waals surface area (Å²) in [6.07, 6.45) is 1.08. The molecule has 24 heavy (non-hydrogen) atoms. The number of anilines is 1. The van der Waals surface area contributed by atoms with Crippen LogP contribution in [0.1, 0.15) is 32.8 Å². The largest absolute Gasteiger partial charge is 0.493 e. The van der Waals surface area contributed by atoms with Crippen molar-refractivity contribution in [1.29, 1.82) is 0 Å². The predicted octanol–water partition coefficient (Wildman–Crippen LogP) is 5.30. The summed E-state index contributed by atoms with van der Waals surface area (Å²) in [5, 5.41) is 3.46. The Morgan fingerprint density at radius 2 is 1.83 bits per heavy atom. The van der Waals surface area contributed by atoms with E-state index in [1.165, 1.54) is 5.56 Å². The minimum absolute atomic E-state index is 0.131. The molecule has 0 aliphatic carbocycles. The molecule has 2 rings (SSSR count). The number of ether oxygens (including phenoxy) is 2. The van der Waals surface area contributed by atoms with Gasteiger partial charge in [-0.2, -0.15) is 0 Å². The summed E-state index contributed by atoms with van der Waals surface area (Å²) in [7, 11) is 0. The van der Waals surface area contributed by atoms with E-state index in [4.69, 9.17) is 9.47 Å². The van der Waals surface area contributed by atoms with Crippen LogP contribution in [-0.2, 0) is 0 Å². The maximum absolute atomic E-state index is 6.13. The predicted molar refractivity (Wildman–Crippen MR) is 101 cm³/mol. The van der Waals surface area contributed by atoms with Crippen LogP contribution in [0.15, 0.2) is 48.5 Å². The van der Waals surface area contributed by atoms with Crippen molar-refractivity contribution >= 4 is 5.69 Å². The zero-order valence-corrected chi connectivity index (χ0v) is 15.2. The van der Waals surface area contributed by atoms with Crippen molar-refractivity contribution in [3.05, 3.63) is 54.1 Å². The van der Waals surface area contributed by atoms with Gasteiger partial charge in [0.05, 0.1) is 13.2 Å². The molecule has 0 radical (unpaired) electrons. The van der Waals surface area contributed by atoms with Crippen LogP contribution in [0.4, 0.5) is 5.69 Å². The Bertz CT molecular complexity index is 625. The molecule has 1 unspecified atom stereocenters. The molecule has 0 bridgehead atoms. The SMILES string of the molecule is CCC(CNc1cccc(OCC(C)C)c1)Oc1ccccc1C. The van der Waals surface area contributed by atoms with Gasteiger partial charge in [0.25, 0.3) is 0 Å². The highest BCUT2D eigenvalue weighted by Crippen LogP contribution is 2.21. The second kappa shape index (κ2) is 9.21. The fourth-order valence-electron chi connectivity index (χ4n) is 2.33. The summed E-state index contributed by atoms with van der Waals surface area (Å²) in [6.45, 7) is 10.0. The van der Waals surface area contributed by atoms with Crippen molar-refractivity contribution in [2.75, 3.05) is 18.5 Å². The van der Waals surface area contributed by atoms with Crippen molar-refractivity contribution in [3.8, 4) is 11.5 Å². The molecule has 0 aromatic heterocycles. The van der Waals surface area contributed by atoms with E-state index < -0.39 is 0 Å². The molecule has 3 nitrogen and oxygen atoms in total. The average Bonchev–Trinajstić information content (AvgIpc) is 2.58. The van der Waals surface area contributed by atoms with Crippen molar-refractivity contribution in [2.45, 2.75) is 40.2 Å². The summed E-state index contributed by atoms with van der Waals surface area (Å²) in [5.74, 6) is 2.38. The van der Waals surface area contributed by atoms with Gasteiger partial charge in [-0.05, 0) is 43.0 Å². The molecule has 1 atom stereocenters. The van der Waals surface area contributed by atoms with E-state index in [0.29, 0.717) is 5.92 Å². The third kappa shape index (κ3) is 5.80. The highest BCUT2D eigenvalue weighted by atomic mass is 16.5. The topological polar surface area (TPSA) is 30.5 Å². The lowest BCUT2D eigenvalue weighted by Gasteiger charge is -2.20. The van der Waals surface area contributed by atoms with E-state index >= 15 is 0 Å². The Labute approximate surface area is 146 Å². The Balaban J connectivity index is 1.91. The normalized spacial score (nSPS) is 12.0. The molecule has 1 N–H and O–H groups in total.